The van der Waals surface area contributed by atoms with Crippen LogP contribution in [0.25, 0.3) is 0 Å². The lowest BCUT2D eigenvalue weighted by molar-refractivity contribution is 1.24. The summed E-state index contributed by atoms with van der Waals surface area (Å²) in [6, 6.07) is 4.12. The average molecular weight is 262 g/mol. The molecule has 76 valence electrons. The normalized spacial score (nSPS) is 11.4. The Kier molecular flexibility index (Phi) is 9.75. The maximum Gasteiger partial charge on any atom is 0.0630 e. The predicted octanol–water partition coefficient (Wildman–Crippen LogP) is 3.27. The lowest BCUT2D eigenvalue weighted by Gasteiger charge is -2.02. The Hall–Kier alpha value is 0.120. The van der Waals surface area contributed by atoms with Gasteiger partial charge in [0, 0.05) is 24.3 Å². The minimum absolute atomic E-state index is 0.513. The number of rotatable bonds is 6. The molecule has 2 nitrogen and oxygen atoms in total. The van der Waals surface area contributed by atoms with Gasteiger partial charge in [-0.15, -0.1) is 48.8 Å². The molecule has 0 aromatic heterocycles. The van der Waals surface area contributed by atoms with Crippen molar-refractivity contribution in [2.24, 2.45) is 0 Å². The van der Waals surface area contributed by atoms with E-state index < -0.39 is 0 Å². The van der Waals surface area contributed by atoms with E-state index in [9.17, 15) is 0 Å². The van der Waals surface area contributed by atoms with Crippen LogP contribution < -0.4 is 0 Å². The predicted molar refractivity (Wildman–Crippen MR) is 70.4 cm³/mol. The molecule has 0 fully saturated rings. The second-order valence-electron chi connectivity index (χ2n) is 2.12. The summed E-state index contributed by atoms with van der Waals surface area (Å²) in [7, 11) is 0. The molecule has 0 aromatic rings. The van der Waals surface area contributed by atoms with Crippen molar-refractivity contribution < 1.29 is 0 Å². The molecule has 0 saturated heterocycles. The first-order chi connectivity index (χ1) is 6.72. The first-order valence-corrected chi connectivity index (χ1v) is 6.70. The Bertz CT molecular complexity index is 246. The van der Waals surface area contributed by atoms with E-state index >= 15 is 0 Å². The molecule has 0 heterocycles. The van der Waals surface area contributed by atoms with Crippen LogP contribution in [0.2, 0.25) is 0 Å². The van der Waals surface area contributed by atoms with Gasteiger partial charge in [0.05, 0.1) is 20.6 Å². The first-order valence-electron chi connectivity index (χ1n) is 3.84. The number of hydrogen-bond donors (Lipinski definition) is 2. The maximum absolute atomic E-state index is 8.33. The van der Waals surface area contributed by atoms with Gasteiger partial charge in [0.1, 0.15) is 0 Å². The SMILES string of the molecule is N#CCCSC(S)=C(S)SCCC#N. The van der Waals surface area contributed by atoms with Crippen molar-refractivity contribution in [2.45, 2.75) is 12.8 Å². The average Bonchev–Trinajstić information content (AvgIpc) is 2.18. The molecule has 0 amide bonds. The number of thioether (sulfide) groups is 2. The zero-order chi connectivity index (χ0) is 10.8. The molecule has 0 spiro atoms. The van der Waals surface area contributed by atoms with E-state index in [0.29, 0.717) is 12.8 Å². The molecule has 0 saturated carbocycles. The van der Waals surface area contributed by atoms with Crippen molar-refractivity contribution in [3.63, 3.8) is 0 Å². The number of nitriles is 2. The van der Waals surface area contributed by atoms with E-state index in [1.165, 1.54) is 23.5 Å². The monoisotopic (exact) mass is 262 g/mol. The summed E-state index contributed by atoms with van der Waals surface area (Å²) in [6.07, 6.45) is 1.03. The van der Waals surface area contributed by atoms with E-state index in [4.69, 9.17) is 10.5 Å². The minimum atomic E-state index is 0.513. The highest BCUT2D eigenvalue weighted by molar-refractivity contribution is 8.21. The summed E-state index contributed by atoms with van der Waals surface area (Å²) < 4.78 is 1.65. The van der Waals surface area contributed by atoms with E-state index in [1.54, 1.807) is 0 Å². The Morgan fingerprint density at radius 1 is 0.929 bits per heavy atom. The molecule has 14 heavy (non-hydrogen) atoms. The van der Waals surface area contributed by atoms with Gasteiger partial charge >= 0.3 is 0 Å². The van der Waals surface area contributed by atoms with E-state index in [2.05, 4.69) is 37.4 Å². The molecule has 0 N–H and O–H groups in total. The third-order valence-electron chi connectivity index (χ3n) is 1.09. The highest BCUT2D eigenvalue weighted by atomic mass is 32.2. The van der Waals surface area contributed by atoms with Crippen LogP contribution in [0.5, 0.6) is 0 Å². The van der Waals surface area contributed by atoms with Crippen molar-refractivity contribution in [3.8, 4) is 12.1 Å². The van der Waals surface area contributed by atoms with Crippen LogP contribution in [0.3, 0.4) is 0 Å². The summed E-state index contributed by atoms with van der Waals surface area (Å²) in [5.74, 6) is 1.47. The number of thiol groups is 2. The fraction of sp³-hybridized carbons (Fsp3) is 0.500. The molecule has 0 radical (unpaired) electrons. The molecular formula is C8H10N2S4. The van der Waals surface area contributed by atoms with Gasteiger partial charge in [-0.2, -0.15) is 10.5 Å². The standard InChI is InChI=1S/C8H10N2S4/c9-3-1-5-13-7(11)8(12)14-6-2-4-10/h11-12H,1-2,5-6H2. The van der Waals surface area contributed by atoms with E-state index in [-0.39, 0.29) is 0 Å². The van der Waals surface area contributed by atoms with Crippen LogP contribution in [0.15, 0.2) is 8.47 Å². The molecule has 0 bridgehead atoms. The van der Waals surface area contributed by atoms with Crippen molar-refractivity contribution >= 4 is 48.8 Å². The lowest BCUT2D eigenvalue weighted by Crippen LogP contribution is -1.79. The first kappa shape index (κ1) is 14.1. The van der Waals surface area contributed by atoms with Gasteiger partial charge in [0.2, 0.25) is 0 Å². The van der Waals surface area contributed by atoms with Crippen LogP contribution in [0.4, 0.5) is 0 Å². The molecule has 0 aliphatic heterocycles. The summed E-state index contributed by atoms with van der Waals surface area (Å²) >= 11 is 11.5. The van der Waals surface area contributed by atoms with Crippen LogP contribution in [-0.2, 0) is 0 Å². The summed E-state index contributed by atoms with van der Waals surface area (Å²) in [5, 5.41) is 16.7. The number of hydrogen-bond acceptors (Lipinski definition) is 6. The minimum Gasteiger partial charge on any atom is -0.198 e. The largest absolute Gasteiger partial charge is 0.198 e. The fourth-order valence-electron chi connectivity index (χ4n) is 0.510. The van der Waals surface area contributed by atoms with Gasteiger partial charge in [-0.1, -0.05) is 0 Å². The molecule has 0 aliphatic rings. The number of nitrogens with zero attached hydrogens (tertiary/aromatic N) is 2. The Morgan fingerprint density at radius 2 is 1.29 bits per heavy atom. The molecule has 0 aromatic carbocycles. The van der Waals surface area contributed by atoms with Crippen molar-refractivity contribution in [2.75, 3.05) is 11.5 Å². The third kappa shape index (κ3) is 7.52. The maximum atomic E-state index is 8.33. The van der Waals surface area contributed by atoms with Crippen LogP contribution in [0.1, 0.15) is 12.8 Å². The van der Waals surface area contributed by atoms with Crippen molar-refractivity contribution in [1.82, 2.24) is 0 Å². The molecule has 0 atom stereocenters. The second kappa shape index (κ2) is 9.67. The smallest absolute Gasteiger partial charge is 0.0630 e. The topological polar surface area (TPSA) is 47.6 Å². The zero-order valence-electron chi connectivity index (χ0n) is 7.43. The quantitative estimate of drug-likeness (QED) is 0.570. The Morgan fingerprint density at radius 3 is 1.57 bits per heavy atom. The van der Waals surface area contributed by atoms with Gasteiger partial charge in [0.15, 0.2) is 0 Å². The fourth-order valence-corrected chi connectivity index (χ4v) is 2.82. The lowest BCUT2D eigenvalue weighted by atomic mass is 10.6. The van der Waals surface area contributed by atoms with Gasteiger partial charge in [-0.25, -0.2) is 0 Å². The zero-order valence-corrected chi connectivity index (χ0v) is 10.9. The third-order valence-corrected chi connectivity index (χ3v) is 4.69. The van der Waals surface area contributed by atoms with Crippen molar-refractivity contribution in [3.05, 3.63) is 8.47 Å². The summed E-state index contributed by atoms with van der Waals surface area (Å²) in [4.78, 5) is 0. The molecule has 0 rings (SSSR count). The van der Waals surface area contributed by atoms with Crippen molar-refractivity contribution in [1.29, 1.82) is 10.5 Å². The molecule has 0 unspecified atom stereocenters. The molecule has 0 aliphatic carbocycles. The van der Waals surface area contributed by atoms with Gasteiger partial charge in [0.25, 0.3) is 0 Å². The summed E-state index contributed by atoms with van der Waals surface area (Å²) in [6.45, 7) is 0. The Balaban J connectivity index is 3.79. The van der Waals surface area contributed by atoms with Crippen LogP contribution in [-0.4, -0.2) is 11.5 Å². The highest BCUT2D eigenvalue weighted by Crippen LogP contribution is 2.33. The van der Waals surface area contributed by atoms with Gasteiger partial charge in [-0.3, -0.25) is 0 Å². The van der Waals surface area contributed by atoms with Gasteiger partial charge in [-0.05, 0) is 0 Å². The van der Waals surface area contributed by atoms with Crippen LogP contribution in [0, 0.1) is 22.7 Å². The Labute approximate surface area is 104 Å². The van der Waals surface area contributed by atoms with Crippen LogP contribution >= 0.6 is 48.8 Å². The van der Waals surface area contributed by atoms with E-state index in [0.717, 1.165) is 20.0 Å². The molecular weight excluding hydrogens is 252 g/mol. The van der Waals surface area contributed by atoms with Gasteiger partial charge < -0.3 is 0 Å². The highest BCUT2D eigenvalue weighted by Gasteiger charge is 2.00. The summed E-state index contributed by atoms with van der Waals surface area (Å²) in [5.41, 5.74) is 0. The van der Waals surface area contributed by atoms with E-state index in [1.807, 2.05) is 0 Å². The second-order valence-corrected chi connectivity index (χ2v) is 5.83. The molecule has 6 heteroatoms.